The van der Waals surface area contributed by atoms with E-state index in [2.05, 4.69) is 10.3 Å². The topological polar surface area (TPSA) is 34.1 Å². The molecule has 1 unspecified atom stereocenters. The van der Waals surface area contributed by atoms with Crippen LogP contribution in [0.5, 0.6) is 5.88 Å². The van der Waals surface area contributed by atoms with Gasteiger partial charge in [0.1, 0.15) is 0 Å². The average Bonchev–Trinajstić information content (AvgIpc) is 2.25. The third-order valence-corrected chi connectivity index (χ3v) is 2.23. The van der Waals surface area contributed by atoms with Crippen LogP contribution in [-0.4, -0.2) is 23.3 Å². The molecule has 0 radical (unpaired) electrons. The van der Waals surface area contributed by atoms with E-state index < -0.39 is 12.3 Å². The molecule has 0 amide bonds. The Morgan fingerprint density at radius 3 is 2.50 bits per heavy atom. The Morgan fingerprint density at radius 1 is 1.28 bits per heavy atom. The van der Waals surface area contributed by atoms with E-state index in [9.17, 15) is 13.2 Å². The van der Waals surface area contributed by atoms with Gasteiger partial charge in [0.25, 0.3) is 0 Å². The monoisotopic (exact) mass is 262 g/mol. The van der Waals surface area contributed by atoms with Gasteiger partial charge in [0.15, 0.2) is 6.10 Å². The lowest BCUT2D eigenvalue weighted by Crippen LogP contribution is -2.31. The molecule has 1 N–H and O–H groups in total. The Kier molecular flexibility index (Phi) is 4.95. The fraction of sp³-hybridized carbons (Fsp3) is 0.583. The SMILES string of the molecule is CC(C)NCc1cccc(OC(C)C(F)(F)F)n1. The lowest BCUT2D eigenvalue weighted by atomic mass is 10.3. The Labute approximate surface area is 104 Å². The molecule has 0 aliphatic carbocycles. The van der Waals surface area contributed by atoms with Crippen LogP contribution in [0.1, 0.15) is 26.5 Å². The zero-order valence-electron chi connectivity index (χ0n) is 10.6. The standard InChI is InChI=1S/C12H17F3N2O/c1-8(2)16-7-10-5-4-6-11(17-10)18-9(3)12(13,14)15/h4-6,8-9,16H,7H2,1-3H3. The fourth-order valence-corrected chi connectivity index (χ4v) is 1.18. The Balaban J connectivity index is 2.65. The van der Waals surface area contributed by atoms with Crippen molar-refractivity contribution in [3.63, 3.8) is 0 Å². The van der Waals surface area contributed by atoms with Gasteiger partial charge in [-0.15, -0.1) is 0 Å². The summed E-state index contributed by atoms with van der Waals surface area (Å²) in [7, 11) is 0. The first-order chi connectivity index (χ1) is 8.29. The molecule has 0 fully saturated rings. The van der Waals surface area contributed by atoms with Crippen molar-refractivity contribution in [3.05, 3.63) is 23.9 Å². The van der Waals surface area contributed by atoms with Crippen LogP contribution in [0.25, 0.3) is 0 Å². The molecule has 1 rings (SSSR count). The molecule has 102 valence electrons. The molecule has 0 aliphatic rings. The van der Waals surface area contributed by atoms with Crippen molar-refractivity contribution in [3.8, 4) is 5.88 Å². The van der Waals surface area contributed by atoms with Crippen molar-refractivity contribution >= 4 is 0 Å². The van der Waals surface area contributed by atoms with Gasteiger partial charge in [0, 0.05) is 18.7 Å². The molecule has 1 aromatic rings. The minimum Gasteiger partial charge on any atom is -0.465 e. The van der Waals surface area contributed by atoms with Crippen molar-refractivity contribution in [2.24, 2.45) is 0 Å². The van der Waals surface area contributed by atoms with Gasteiger partial charge in [0.05, 0.1) is 5.69 Å². The first kappa shape index (κ1) is 14.8. The maximum atomic E-state index is 12.3. The number of aromatic nitrogens is 1. The molecule has 0 aliphatic heterocycles. The average molecular weight is 262 g/mol. The van der Waals surface area contributed by atoms with Crippen LogP contribution < -0.4 is 10.1 Å². The van der Waals surface area contributed by atoms with Crippen LogP contribution in [0.15, 0.2) is 18.2 Å². The highest BCUT2D eigenvalue weighted by molar-refractivity contribution is 5.16. The van der Waals surface area contributed by atoms with E-state index in [0.717, 1.165) is 6.92 Å². The smallest absolute Gasteiger partial charge is 0.425 e. The Hall–Kier alpha value is -1.30. The van der Waals surface area contributed by atoms with Gasteiger partial charge >= 0.3 is 6.18 Å². The summed E-state index contributed by atoms with van der Waals surface area (Å²) < 4.78 is 41.7. The lowest BCUT2D eigenvalue weighted by Gasteiger charge is -2.17. The summed E-state index contributed by atoms with van der Waals surface area (Å²) >= 11 is 0. The number of alkyl halides is 3. The molecule has 1 atom stereocenters. The minimum atomic E-state index is -4.38. The summed E-state index contributed by atoms with van der Waals surface area (Å²) in [6.45, 7) is 5.41. The number of hydrogen-bond donors (Lipinski definition) is 1. The van der Waals surface area contributed by atoms with E-state index in [-0.39, 0.29) is 11.9 Å². The van der Waals surface area contributed by atoms with Crippen molar-refractivity contribution in [2.75, 3.05) is 0 Å². The van der Waals surface area contributed by atoms with E-state index in [1.165, 1.54) is 6.07 Å². The molecule has 0 bridgehead atoms. The van der Waals surface area contributed by atoms with E-state index in [1.54, 1.807) is 12.1 Å². The molecule has 6 heteroatoms. The predicted octanol–water partition coefficient (Wildman–Crippen LogP) is 2.91. The highest BCUT2D eigenvalue weighted by atomic mass is 19.4. The zero-order valence-corrected chi connectivity index (χ0v) is 10.6. The van der Waals surface area contributed by atoms with Crippen LogP contribution in [0.3, 0.4) is 0 Å². The molecular formula is C12H17F3N2O. The second-order valence-corrected chi connectivity index (χ2v) is 4.30. The van der Waals surface area contributed by atoms with Gasteiger partial charge < -0.3 is 10.1 Å². The van der Waals surface area contributed by atoms with Crippen LogP contribution in [0.2, 0.25) is 0 Å². The van der Waals surface area contributed by atoms with E-state index in [1.807, 2.05) is 13.8 Å². The fourth-order valence-electron chi connectivity index (χ4n) is 1.18. The van der Waals surface area contributed by atoms with Gasteiger partial charge in [0.2, 0.25) is 5.88 Å². The lowest BCUT2D eigenvalue weighted by molar-refractivity contribution is -0.190. The third kappa shape index (κ3) is 4.91. The molecule has 1 heterocycles. The summed E-state index contributed by atoms with van der Waals surface area (Å²) in [6, 6.07) is 5.06. The van der Waals surface area contributed by atoms with Crippen molar-refractivity contribution < 1.29 is 17.9 Å². The van der Waals surface area contributed by atoms with Gasteiger partial charge in [-0.05, 0) is 13.0 Å². The molecular weight excluding hydrogens is 245 g/mol. The van der Waals surface area contributed by atoms with E-state index in [0.29, 0.717) is 12.2 Å². The van der Waals surface area contributed by atoms with Gasteiger partial charge in [-0.25, -0.2) is 4.98 Å². The Bertz CT molecular complexity index is 380. The van der Waals surface area contributed by atoms with Crippen molar-refractivity contribution in [2.45, 2.75) is 45.6 Å². The summed E-state index contributed by atoms with van der Waals surface area (Å²) in [5.41, 5.74) is 0.649. The summed E-state index contributed by atoms with van der Waals surface area (Å²) in [6.07, 6.45) is -6.24. The van der Waals surface area contributed by atoms with Crippen molar-refractivity contribution in [1.29, 1.82) is 0 Å². The second kappa shape index (κ2) is 6.04. The quantitative estimate of drug-likeness (QED) is 0.886. The number of hydrogen-bond acceptors (Lipinski definition) is 3. The summed E-state index contributed by atoms with van der Waals surface area (Å²) in [5, 5.41) is 3.13. The summed E-state index contributed by atoms with van der Waals surface area (Å²) in [5.74, 6) is -0.0112. The minimum absolute atomic E-state index is 0.0112. The summed E-state index contributed by atoms with van der Waals surface area (Å²) in [4.78, 5) is 4.01. The molecule has 0 saturated heterocycles. The number of ether oxygens (including phenoxy) is 1. The third-order valence-electron chi connectivity index (χ3n) is 2.23. The first-order valence-electron chi connectivity index (χ1n) is 5.71. The van der Waals surface area contributed by atoms with Gasteiger partial charge in [-0.2, -0.15) is 13.2 Å². The van der Waals surface area contributed by atoms with Crippen LogP contribution in [0.4, 0.5) is 13.2 Å². The number of pyridine rings is 1. The van der Waals surface area contributed by atoms with Crippen LogP contribution in [0, 0.1) is 0 Å². The molecule has 0 aromatic carbocycles. The van der Waals surface area contributed by atoms with Crippen LogP contribution in [-0.2, 0) is 6.54 Å². The number of nitrogens with zero attached hydrogens (tertiary/aromatic N) is 1. The maximum absolute atomic E-state index is 12.3. The second-order valence-electron chi connectivity index (χ2n) is 4.30. The molecule has 1 aromatic heterocycles. The number of halogens is 3. The molecule has 18 heavy (non-hydrogen) atoms. The van der Waals surface area contributed by atoms with Crippen molar-refractivity contribution in [1.82, 2.24) is 10.3 Å². The zero-order chi connectivity index (χ0) is 13.8. The predicted molar refractivity (Wildman–Crippen MR) is 62.4 cm³/mol. The van der Waals surface area contributed by atoms with Gasteiger partial charge in [-0.3, -0.25) is 0 Å². The molecule has 0 spiro atoms. The number of nitrogens with one attached hydrogen (secondary N) is 1. The highest BCUT2D eigenvalue weighted by Gasteiger charge is 2.38. The number of rotatable bonds is 5. The van der Waals surface area contributed by atoms with E-state index >= 15 is 0 Å². The normalized spacial score (nSPS) is 13.7. The highest BCUT2D eigenvalue weighted by Crippen LogP contribution is 2.23. The Morgan fingerprint density at radius 2 is 1.94 bits per heavy atom. The van der Waals surface area contributed by atoms with E-state index in [4.69, 9.17) is 4.74 Å². The molecule has 0 saturated carbocycles. The first-order valence-corrected chi connectivity index (χ1v) is 5.71. The van der Waals surface area contributed by atoms with Gasteiger partial charge in [-0.1, -0.05) is 19.9 Å². The van der Waals surface area contributed by atoms with Crippen LogP contribution >= 0.6 is 0 Å². The maximum Gasteiger partial charge on any atom is 0.425 e. The molecule has 3 nitrogen and oxygen atoms in total. The largest absolute Gasteiger partial charge is 0.465 e.